The number of halogens is 1. The minimum Gasteiger partial charge on any atom is -0.394 e. The van der Waals surface area contributed by atoms with Gasteiger partial charge in [0.25, 0.3) is 0 Å². The minimum absolute atomic E-state index is 0.199. The molecule has 2 N–H and O–H groups in total. The molecule has 2 aromatic heterocycles. The summed E-state index contributed by atoms with van der Waals surface area (Å²) in [5.41, 5.74) is 8.12. The van der Waals surface area contributed by atoms with E-state index in [1.807, 2.05) is 30.1 Å². The Morgan fingerprint density at radius 3 is 2.78 bits per heavy atom. The van der Waals surface area contributed by atoms with Crippen LogP contribution in [0.25, 0.3) is 0 Å². The van der Waals surface area contributed by atoms with Crippen LogP contribution in [0.2, 0.25) is 5.28 Å². The molecule has 5 nitrogen and oxygen atoms in total. The number of aromatic nitrogens is 3. The Labute approximate surface area is 111 Å². The van der Waals surface area contributed by atoms with E-state index in [1.165, 1.54) is 0 Å². The first kappa shape index (κ1) is 12.6. The molecule has 6 heteroatoms. The lowest BCUT2D eigenvalue weighted by Crippen LogP contribution is -2.20. The molecule has 0 aliphatic rings. The van der Waals surface area contributed by atoms with Crippen molar-refractivity contribution in [1.29, 1.82) is 0 Å². The molecule has 0 amide bonds. The third-order valence-electron chi connectivity index (χ3n) is 2.58. The monoisotopic (exact) mass is 263 g/mol. The Morgan fingerprint density at radius 2 is 2.11 bits per heavy atom. The van der Waals surface area contributed by atoms with E-state index in [4.69, 9.17) is 17.3 Å². The van der Waals surface area contributed by atoms with Crippen LogP contribution in [-0.2, 0) is 6.54 Å². The van der Waals surface area contributed by atoms with E-state index in [1.54, 1.807) is 13.1 Å². The molecule has 0 saturated carbocycles. The van der Waals surface area contributed by atoms with E-state index >= 15 is 0 Å². The van der Waals surface area contributed by atoms with Crippen LogP contribution in [0.5, 0.6) is 0 Å². The molecular weight excluding hydrogens is 250 g/mol. The first-order chi connectivity index (χ1) is 8.58. The Morgan fingerprint density at radius 1 is 1.33 bits per heavy atom. The van der Waals surface area contributed by atoms with E-state index in [9.17, 15) is 0 Å². The topological polar surface area (TPSA) is 67.9 Å². The van der Waals surface area contributed by atoms with Crippen molar-refractivity contribution >= 4 is 23.1 Å². The first-order valence-electron chi connectivity index (χ1n) is 5.48. The van der Waals surface area contributed by atoms with Crippen molar-refractivity contribution in [3.63, 3.8) is 0 Å². The molecule has 0 spiro atoms. The number of nitrogens with two attached hydrogens (primary N) is 1. The van der Waals surface area contributed by atoms with Gasteiger partial charge in [0.15, 0.2) is 5.82 Å². The van der Waals surface area contributed by atoms with Gasteiger partial charge in [0.05, 0.1) is 23.6 Å². The van der Waals surface area contributed by atoms with Crippen molar-refractivity contribution in [2.75, 3.05) is 17.7 Å². The average molecular weight is 264 g/mol. The van der Waals surface area contributed by atoms with Crippen LogP contribution >= 0.6 is 11.6 Å². The summed E-state index contributed by atoms with van der Waals surface area (Å²) in [6.45, 7) is 2.42. The van der Waals surface area contributed by atoms with Crippen molar-refractivity contribution in [1.82, 2.24) is 15.0 Å². The van der Waals surface area contributed by atoms with E-state index in [-0.39, 0.29) is 5.28 Å². The normalized spacial score (nSPS) is 10.4. The van der Waals surface area contributed by atoms with Crippen molar-refractivity contribution < 1.29 is 0 Å². The van der Waals surface area contributed by atoms with Crippen LogP contribution in [0, 0.1) is 6.92 Å². The smallest absolute Gasteiger partial charge is 0.224 e. The molecule has 0 aromatic carbocycles. The van der Waals surface area contributed by atoms with Crippen LogP contribution < -0.4 is 10.6 Å². The number of aryl methyl sites for hydroxylation is 1. The fourth-order valence-electron chi connectivity index (χ4n) is 1.63. The van der Waals surface area contributed by atoms with Gasteiger partial charge in [-0.1, -0.05) is 6.07 Å². The van der Waals surface area contributed by atoms with Gasteiger partial charge >= 0.3 is 0 Å². The summed E-state index contributed by atoms with van der Waals surface area (Å²) in [5, 5.41) is 0.199. The molecule has 18 heavy (non-hydrogen) atoms. The Balaban J connectivity index is 2.26. The molecule has 2 aromatic rings. The highest BCUT2D eigenvalue weighted by molar-refractivity contribution is 6.28. The van der Waals surface area contributed by atoms with Gasteiger partial charge < -0.3 is 10.6 Å². The van der Waals surface area contributed by atoms with E-state index in [2.05, 4.69) is 15.0 Å². The summed E-state index contributed by atoms with van der Waals surface area (Å²) in [7, 11) is 1.89. The van der Waals surface area contributed by atoms with Gasteiger partial charge in [-0.25, -0.2) is 4.98 Å². The van der Waals surface area contributed by atoms with Crippen molar-refractivity contribution in [2.45, 2.75) is 13.5 Å². The first-order valence-corrected chi connectivity index (χ1v) is 5.86. The Bertz CT molecular complexity index is 544. The maximum atomic E-state index is 5.96. The zero-order chi connectivity index (χ0) is 13.1. The van der Waals surface area contributed by atoms with Crippen LogP contribution in [-0.4, -0.2) is 22.0 Å². The summed E-state index contributed by atoms with van der Waals surface area (Å²) in [4.78, 5) is 14.3. The van der Waals surface area contributed by atoms with Gasteiger partial charge in [-0.15, -0.1) is 0 Å². The number of hydrogen-bond donors (Lipinski definition) is 1. The van der Waals surface area contributed by atoms with Gasteiger partial charge in [-0.2, -0.15) is 4.98 Å². The molecule has 2 heterocycles. The van der Waals surface area contributed by atoms with Gasteiger partial charge in [0.2, 0.25) is 5.28 Å². The van der Waals surface area contributed by atoms with Crippen LogP contribution in [0.1, 0.15) is 11.4 Å². The lowest BCUT2D eigenvalue weighted by Gasteiger charge is -2.20. The van der Waals surface area contributed by atoms with Crippen LogP contribution in [0.4, 0.5) is 11.5 Å². The number of nitrogens with zero attached hydrogens (tertiary/aromatic N) is 4. The number of rotatable bonds is 3. The second-order valence-electron chi connectivity index (χ2n) is 3.99. The van der Waals surface area contributed by atoms with E-state index in [0.29, 0.717) is 23.7 Å². The molecule has 0 aliphatic heterocycles. The quantitative estimate of drug-likeness (QED) is 0.859. The fourth-order valence-corrected chi connectivity index (χ4v) is 1.84. The van der Waals surface area contributed by atoms with Crippen LogP contribution in [0.15, 0.2) is 24.4 Å². The molecule has 94 valence electrons. The third kappa shape index (κ3) is 2.68. The zero-order valence-corrected chi connectivity index (χ0v) is 11.0. The predicted octanol–water partition coefficient (Wildman–Crippen LogP) is 2.05. The highest BCUT2D eigenvalue weighted by Gasteiger charge is 2.12. The Hall–Kier alpha value is -1.88. The second kappa shape index (κ2) is 5.18. The molecule has 0 bridgehead atoms. The van der Waals surface area contributed by atoms with Crippen LogP contribution in [0.3, 0.4) is 0 Å². The van der Waals surface area contributed by atoms with Crippen molar-refractivity contribution in [2.24, 2.45) is 0 Å². The van der Waals surface area contributed by atoms with Crippen molar-refractivity contribution in [3.05, 3.63) is 41.1 Å². The number of nitrogen functional groups attached to an aromatic ring is 1. The standard InChI is InChI=1S/C12H14ClN5/c1-8-10(14)11(17-12(13)16-8)18(2)7-9-5-3-4-6-15-9/h3-6H,7,14H2,1-2H3. The number of pyridine rings is 1. The van der Waals surface area contributed by atoms with Gasteiger partial charge in [-0.3, -0.25) is 4.98 Å². The zero-order valence-electron chi connectivity index (χ0n) is 10.3. The highest BCUT2D eigenvalue weighted by Crippen LogP contribution is 2.24. The summed E-state index contributed by atoms with van der Waals surface area (Å²) in [5.74, 6) is 0.623. The molecule has 0 unspecified atom stereocenters. The molecule has 0 radical (unpaired) electrons. The van der Waals surface area contributed by atoms with Gasteiger partial charge in [-0.05, 0) is 30.7 Å². The fraction of sp³-hybridized carbons (Fsp3) is 0.250. The molecule has 0 fully saturated rings. The average Bonchev–Trinajstić information content (AvgIpc) is 2.35. The van der Waals surface area contributed by atoms with E-state index < -0.39 is 0 Å². The van der Waals surface area contributed by atoms with Gasteiger partial charge in [0, 0.05) is 13.2 Å². The molecule has 2 rings (SSSR count). The maximum Gasteiger partial charge on any atom is 0.224 e. The maximum absolute atomic E-state index is 5.96. The summed E-state index contributed by atoms with van der Waals surface area (Å²) >= 11 is 5.85. The molecule has 0 atom stereocenters. The van der Waals surface area contributed by atoms with E-state index in [0.717, 1.165) is 5.69 Å². The largest absolute Gasteiger partial charge is 0.394 e. The summed E-state index contributed by atoms with van der Waals surface area (Å²) < 4.78 is 0. The molecule has 0 saturated heterocycles. The lowest BCUT2D eigenvalue weighted by atomic mass is 10.3. The second-order valence-corrected chi connectivity index (χ2v) is 4.33. The molecule has 0 aliphatic carbocycles. The minimum atomic E-state index is 0.199. The highest BCUT2D eigenvalue weighted by atomic mass is 35.5. The van der Waals surface area contributed by atoms with Crippen molar-refractivity contribution in [3.8, 4) is 0 Å². The summed E-state index contributed by atoms with van der Waals surface area (Å²) in [6, 6.07) is 5.77. The lowest BCUT2D eigenvalue weighted by molar-refractivity contribution is 0.860. The number of hydrogen-bond acceptors (Lipinski definition) is 5. The summed E-state index contributed by atoms with van der Waals surface area (Å²) in [6.07, 6.45) is 1.75. The SMILES string of the molecule is Cc1nc(Cl)nc(N(C)Cc2ccccn2)c1N. The molecular formula is C12H14ClN5. The van der Waals surface area contributed by atoms with Gasteiger partial charge in [0.1, 0.15) is 0 Å². The predicted molar refractivity (Wildman–Crippen MR) is 72.5 cm³/mol. The Kier molecular flexibility index (Phi) is 3.62. The third-order valence-corrected chi connectivity index (χ3v) is 2.74. The number of anilines is 2.